The fourth-order valence-corrected chi connectivity index (χ4v) is 1.56. The van der Waals surface area contributed by atoms with Gasteiger partial charge >= 0.3 is 6.18 Å². The van der Waals surface area contributed by atoms with Crippen LogP contribution in [0.5, 0.6) is 0 Å². The molecule has 0 aromatic rings. The fraction of sp³-hybridized carbons (Fsp3) is 1.00. The molecule has 0 spiro atoms. The standard InChI is InChI=1S/C11H23F3N2O2/c1-10(8-18-3)16(6-7-17-2)5-4-15-9-11(12,13)14/h10,15H,4-9H2,1-3H3. The predicted octanol–water partition coefficient (Wildman–Crippen LogP) is 1.12. The number of methoxy groups -OCH3 is 2. The number of halogens is 3. The van der Waals surface area contributed by atoms with E-state index in [2.05, 4.69) is 5.32 Å². The third kappa shape index (κ3) is 9.64. The van der Waals surface area contributed by atoms with Crippen LogP contribution in [0, 0.1) is 0 Å². The van der Waals surface area contributed by atoms with E-state index < -0.39 is 12.7 Å². The third-order valence-corrected chi connectivity index (χ3v) is 2.52. The van der Waals surface area contributed by atoms with E-state index in [1.54, 1.807) is 14.2 Å². The normalized spacial score (nSPS) is 14.2. The zero-order chi connectivity index (χ0) is 14.0. The van der Waals surface area contributed by atoms with Gasteiger partial charge in [-0.05, 0) is 6.92 Å². The number of nitrogens with zero attached hydrogens (tertiary/aromatic N) is 1. The van der Waals surface area contributed by atoms with E-state index in [4.69, 9.17) is 9.47 Å². The first-order valence-corrected chi connectivity index (χ1v) is 5.90. The summed E-state index contributed by atoms with van der Waals surface area (Å²) in [4.78, 5) is 2.04. The topological polar surface area (TPSA) is 33.7 Å². The zero-order valence-corrected chi connectivity index (χ0v) is 11.2. The smallest absolute Gasteiger partial charge is 0.383 e. The molecule has 0 aliphatic rings. The molecule has 0 rings (SSSR count). The Hall–Kier alpha value is -0.370. The van der Waals surface area contributed by atoms with Crippen molar-refractivity contribution >= 4 is 0 Å². The van der Waals surface area contributed by atoms with Crippen LogP contribution in [0.3, 0.4) is 0 Å². The van der Waals surface area contributed by atoms with Crippen LogP contribution in [0.1, 0.15) is 6.92 Å². The van der Waals surface area contributed by atoms with Crippen molar-refractivity contribution in [3.8, 4) is 0 Å². The van der Waals surface area contributed by atoms with Crippen molar-refractivity contribution in [1.29, 1.82) is 0 Å². The van der Waals surface area contributed by atoms with Crippen molar-refractivity contribution in [3.05, 3.63) is 0 Å². The number of hydrogen-bond acceptors (Lipinski definition) is 4. The number of hydrogen-bond donors (Lipinski definition) is 1. The average molecular weight is 272 g/mol. The number of rotatable bonds is 10. The summed E-state index contributed by atoms with van der Waals surface area (Å²) in [5, 5.41) is 2.38. The molecule has 0 aromatic heterocycles. The summed E-state index contributed by atoms with van der Waals surface area (Å²) in [7, 11) is 3.20. The van der Waals surface area contributed by atoms with Gasteiger partial charge in [-0.1, -0.05) is 0 Å². The molecule has 1 atom stereocenters. The summed E-state index contributed by atoms with van der Waals surface area (Å²) >= 11 is 0. The number of ether oxygens (including phenoxy) is 2. The van der Waals surface area contributed by atoms with Crippen LogP contribution >= 0.6 is 0 Å². The summed E-state index contributed by atoms with van der Waals surface area (Å²) in [5.41, 5.74) is 0. The lowest BCUT2D eigenvalue weighted by molar-refractivity contribution is -0.124. The quantitative estimate of drug-likeness (QED) is 0.604. The Balaban J connectivity index is 3.92. The second-order valence-corrected chi connectivity index (χ2v) is 4.13. The first kappa shape index (κ1) is 17.6. The molecule has 0 bridgehead atoms. The van der Waals surface area contributed by atoms with Gasteiger partial charge in [0.1, 0.15) is 0 Å². The largest absolute Gasteiger partial charge is 0.401 e. The molecule has 1 N–H and O–H groups in total. The van der Waals surface area contributed by atoms with Gasteiger partial charge in [0, 0.05) is 39.9 Å². The van der Waals surface area contributed by atoms with Crippen molar-refractivity contribution in [2.75, 3.05) is 53.6 Å². The molecule has 0 amide bonds. The van der Waals surface area contributed by atoms with Gasteiger partial charge in [-0.25, -0.2) is 0 Å². The molecule has 0 aliphatic carbocycles. The third-order valence-electron chi connectivity index (χ3n) is 2.52. The van der Waals surface area contributed by atoms with E-state index in [0.29, 0.717) is 26.3 Å². The molecule has 0 fully saturated rings. The lowest BCUT2D eigenvalue weighted by Gasteiger charge is -2.28. The van der Waals surface area contributed by atoms with Gasteiger partial charge in [-0.3, -0.25) is 4.90 Å². The Labute approximate surface area is 106 Å². The Morgan fingerprint density at radius 1 is 1.17 bits per heavy atom. The van der Waals surface area contributed by atoms with Gasteiger partial charge in [-0.15, -0.1) is 0 Å². The van der Waals surface area contributed by atoms with E-state index >= 15 is 0 Å². The average Bonchev–Trinajstić information content (AvgIpc) is 2.27. The lowest BCUT2D eigenvalue weighted by atomic mass is 10.3. The summed E-state index contributed by atoms with van der Waals surface area (Å²) in [5.74, 6) is 0. The number of nitrogens with one attached hydrogen (secondary N) is 1. The highest BCUT2D eigenvalue weighted by atomic mass is 19.4. The maximum atomic E-state index is 11.9. The van der Waals surface area contributed by atoms with Crippen molar-refractivity contribution in [1.82, 2.24) is 10.2 Å². The Morgan fingerprint density at radius 2 is 1.83 bits per heavy atom. The summed E-state index contributed by atoms with van der Waals surface area (Å²) in [6.07, 6.45) is -4.16. The monoisotopic (exact) mass is 272 g/mol. The first-order valence-electron chi connectivity index (χ1n) is 5.90. The van der Waals surface area contributed by atoms with Gasteiger partial charge in [0.15, 0.2) is 0 Å². The second-order valence-electron chi connectivity index (χ2n) is 4.13. The molecule has 110 valence electrons. The van der Waals surface area contributed by atoms with Gasteiger partial charge in [0.05, 0.1) is 19.8 Å². The van der Waals surface area contributed by atoms with Crippen molar-refractivity contribution in [2.24, 2.45) is 0 Å². The second kappa shape index (κ2) is 9.55. The van der Waals surface area contributed by atoms with Gasteiger partial charge in [-0.2, -0.15) is 13.2 Å². The summed E-state index contributed by atoms with van der Waals surface area (Å²) in [6.45, 7) is 3.61. The van der Waals surface area contributed by atoms with Crippen LogP contribution in [0.15, 0.2) is 0 Å². The van der Waals surface area contributed by atoms with Crippen LogP contribution in [0.2, 0.25) is 0 Å². The molecule has 0 heterocycles. The van der Waals surface area contributed by atoms with Crippen LogP contribution in [0.4, 0.5) is 13.2 Å². The highest BCUT2D eigenvalue weighted by Crippen LogP contribution is 2.11. The minimum absolute atomic E-state index is 0.151. The van der Waals surface area contributed by atoms with E-state index in [1.165, 1.54) is 0 Å². The summed E-state index contributed by atoms with van der Waals surface area (Å²) in [6, 6.07) is 0.151. The van der Waals surface area contributed by atoms with Gasteiger partial charge in [0.25, 0.3) is 0 Å². The SMILES string of the molecule is COCCN(CCNCC(F)(F)F)C(C)COC. The molecule has 4 nitrogen and oxygen atoms in total. The van der Waals surface area contributed by atoms with Crippen LogP contribution in [-0.4, -0.2) is 70.7 Å². The highest BCUT2D eigenvalue weighted by Gasteiger charge is 2.26. The molecule has 0 saturated carbocycles. The van der Waals surface area contributed by atoms with E-state index in [0.717, 1.165) is 0 Å². The molecule has 18 heavy (non-hydrogen) atoms. The predicted molar refractivity (Wildman–Crippen MR) is 63.7 cm³/mol. The lowest BCUT2D eigenvalue weighted by Crippen LogP contribution is -2.43. The maximum absolute atomic E-state index is 11.9. The Kier molecular flexibility index (Phi) is 9.35. The molecule has 1 unspecified atom stereocenters. The molecule has 0 aliphatic heterocycles. The van der Waals surface area contributed by atoms with E-state index in [-0.39, 0.29) is 12.6 Å². The van der Waals surface area contributed by atoms with Crippen LogP contribution < -0.4 is 5.32 Å². The zero-order valence-electron chi connectivity index (χ0n) is 11.2. The molecule has 0 radical (unpaired) electrons. The van der Waals surface area contributed by atoms with Gasteiger partial charge in [0.2, 0.25) is 0 Å². The molecule has 0 aromatic carbocycles. The van der Waals surface area contributed by atoms with E-state index in [9.17, 15) is 13.2 Å². The van der Waals surface area contributed by atoms with Crippen molar-refractivity contribution in [2.45, 2.75) is 19.1 Å². The van der Waals surface area contributed by atoms with Crippen LogP contribution in [-0.2, 0) is 9.47 Å². The minimum Gasteiger partial charge on any atom is -0.383 e. The van der Waals surface area contributed by atoms with Crippen LogP contribution in [0.25, 0.3) is 0 Å². The maximum Gasteiger partial charge on any atom is 0.401 e. The molecule has 0 saturated heterocycles. The first-order chi connectivity index (χ1) is 8.40. The summed E-state index contributed by atoms with van der Waals surface area (Å²) < 4.78 is 45.9. The van der Waals surface area contributed by atoms with Gasteiger partial charge < -0.3 is 14.8 Å². The van der Waals surface area contributed by atoms with E-state index in [1.807, 2.05) is 11.8 Å². The fourth-order valence-electron chi connectivity index (χ4n) is 1.56. The molecular weight excluding hydrogens is 249 g/mol. The Morgan fingerprint density at radius 3 is 2.33 bits per heavy atom. The van der Waals surface area contributed by atoms with Crippen molar-refractivity contribution < 1.29 is 22.6 Å². The highest BCUT2D eigenvalue weighted by molar-refractivity contribution is 4.68. The molecular formula is C11H23F3N2O2. The number of alkyl halides is 3. The van der Waals surface area contributed by atoms with Crippen molar-refractivity contribution in [3.63, 3.8) is 0 Å². The Bertz CT molecular complexity index is 203. The minimum atomic E-state index is -4.16. The molecule has 7 heteroatoms.